The van der Waals surface area contributed by atoms with Crippen LogP contribution in [0.2, 0.25) is 0 Å². The van der Waals surface area contributed by atoms with E-state index in [-0.39, 0.29) is 11.4 Å². The minimum absolute atomic E-state index is 0.0206. The van der Waals surface area contributed by atoms with Crippen molar-refractivity contribution in [3.05, 3.63) is 22.1 Å². The third-order valence-electron chi connectivity index (χ3n) is 2.62. The predicted octanol–water partition coefficient (Wildman–Crippen LogP) is 3.01. The first-order chi connectivity index (χ1) is 7.06. The van der Waals surface area contributed by atoms with E-state index in [4.69, 9.17) is 4.42 Å². The van der Waals surface area contributed by atoms with Crippen LogP contribution in [-0.2, 0) is 0 Å². The van der Waals surface area contributed by atoms with Crippen LogP contribution in [-0.4, -0.2) is 16.8 Å². The van der Waals surface area contributed by atoms with Crippen molar-refractivity contribution in [1.29, 1.82) is 0 Å². The number of alkyl halides is 1. The quantitative estimate of drug-likeness (QED) is 0.862. The van der Waals surface area contributed by atoms with Gasteiger partial charge >= 0.3 is 0 Å². The molecule has 1 heterocycles. The molecule has 0 saturated heterocycles. The summed E-state index contributed by atoms with van der Waals surface area (Å²) in [7, 11) is 0. The zero-order valence-electron chi connectivity index (χ0n) is 8.27. The summed E-state index contributed by atoms with van der Waals surface area (Å²) in [6.45, 7) is 1.79. The van der Waals surface area contributed by atoms with E-state index in [9.17, 15) is 4.79 Å². The average molecular weight is 337 g/mol. The average Bonchev–Trinajstić information content (AvgIpc) is 2.86. The van der Waals surface area contributed by atoms with E-state index >= 15 is 0 Å². The van der Waals surface area contributed by atoms with Crippen molar-refractivity contribution in [1.82, 2.24) is 5.32 Å². The molecule has 1 aromatic heterocycles. The lowest BCUT2D eigenvalue weighted by Crippen LogP contribution is -2.38. The summed E-state index contributed by atoms with van der Waals surface area (Å²) in [5, 5.41) is 3.83. The first-order valence-corrected chi connectivity index (χ1v) is 6.62. The van der Waals surface area contributed by atoms with Crippen LogP contribution in [0.3, 0.4) is 0 Å². The molecule has 1 amide bonds. The van der Waals surface area contributed by atoms with Crippen LogP contribution in [0.25, 0.3) is 0 Å². The standard InChI is InChI=1S/C10H11Br2NO2/c1-6-7(4-8(12)15-6)9(14)13-10(5-11)2-3-10/h4H,2-3,5H2,1H3,(H,13,14). The Labute approximate surface area is 105 Å². The zero-order chi connectivity index (χ0) is 11.1. The van der Waals surface area contributed by atoms with Crippen LogP contribution in [0.4, 0.5) is 0 Å². The normalized spacial score (nSPS) is 17.5. The largest absolute Gasteiger partial charge is 0.454 e. The molecule has 15 heavy (non-hydrogen) atoms. The molecule has 1 saturated carbocycles. The molecule has 0 unspecified atom stereocenters. The number of aryl methyl sites for hydroxylation is 1. The van der Waals surface area contributed by atoms with E-state index in [2.05, 4.69) is 37.2 Å². The Morgan fingerprint density at radius 1 is 1.67 bits per heavy atom. The molecule has 0 atom stereocenters. The molecule has 1 aliphatic carbocycles. The molecule has 0 aliphatic heterocycles. The predicted molar refractivity (Wildman–Crippen MR) is 64.4 cm³/mol. The van der Waals surface area contributed by atoms with Gasteiger partial charge in [-0.1, -0.05) is 15.9 Å². The molecular formula is C10H11Br2NO2. The highest BCUT2D eigenvalue weighted by atomic mass is 79.9. The Balaban J connectivity index is 2.11. The Morgan fingerprint density at radius 3 is 2.73 bits per heavy atom. The van der Waals surface area contributed by atoms with Gasteiger partial charge in [0.25, 0.3) is 5.91 Å². The zero-order valence-corrected chi connectivity index (χ0v) is 11.4. The highest BCUT2D eigenvalue weighted by Crippen LogP contribution is 2.37. The summed E-state index contributed by atoms with van der Waals surface area (Å²) in [4.78, 5) is 11.9. The van der Waals surface area contributed by atoms with Crippen LogP contribution >= 0.6 is 31.9 Å². The summed E-state index contributed by atoms with van der Waals surface area (Å²) in [5.41, 5.74) is 0.585. The van der Waals surface area contributed by atoms with Crippen molar-refractivity contribution in [3.63, 3.8) is 0 Å². The van der Waals surface area contributed by atoms with Gasteiger partial charge < -0.3 is 9.73 Å². The number of rotatable bonds is 3. The van der Waals surface area contributed by atoms with Gasteiger partial charge in [0, 0.05) is 11.4 Å². The van der Waals surface area contributed by atoms with Crippen molar-refractivity contribution < 1.29 is 9.21 Å². The van der Waals surface area contributed by atoms with Crippen molar-refractivity contribution in [3.8, 4) is 0 Å². The molecule has 3 nitrogen and oxygen atoms in total. The second-order valence-corrected chi connectivity index (χ2v) is 5.23. The summed E-state index contributed by atoms with van der Waals surface area (Å²) in [6.07, 6.45) is 2.09. The minimum atomic E-state index is -0.0566. The van der Waals surface area contributed by atoms with Gasteiger partial charge in [0.2, 0.25) is 0 Å². The van der Waals surface area contributed by atoms with Crippen LogP contribution in [0.5, 0.6) is 0 Å². The van der Waals surface area contributed by atoms with Crippen LogP contribution in [0, 0.1) is 6.92 Å². The monoisotopic (exact) mass is 335 g/mol. The second-order valence-electron chi connectivity index (χ2n) is 3.89. The summed E-state index contributed by atoms with van der Waals surface area (Å²) >= 11 is 6.62. The molecule has 0 bridgehead atoms. The number of furan rings is 1. The molecule has 5 heteroatoms. The number of carbonyl (C=O) groups is 1. The smallest absolute Gasteiger partial charge is 0.255 e. The number of hydrogen-bond acceptors (Lipinski definition) is 2. The summed E-state index contributed by atoms with van der Waals surface area (Å²) < 4.78 is 5.84. The van der Waals surface area contributed by atoms with Crippen molar-refractivity contribution in [2.45, 2.75) is 25.3 Å². The summed E-state index contributed by atoms with van der Waals surface area (Å²) in [5.74, 6) is 0.587. The number of hydrogen-bond donors (Lipinski definition) is 1. The van der Waals surface area contributed by atoms with Gasteiger partial charge in [-0.25, -0.2) is 0 Å². The lowest BCUT2D eigenvalue weighted by atomic mass is 10.2. The Hall–Kier alpha value is -0.290. The van der Waals surface area contributed by atoms with E-state index in [0.717, 1.165) is 18.2 Å². The molecular weight excluding hydrogens is 326 g/mol. The molecule has 82 valence electrons. The fourth-order valence-electron chi connectivity index (χ4n) is 1.42. The van der Waals surface area contributed by atoms with E-state index in [1.165, 1.54) is 0 Å². The van der Waals surface area contributed by atoms with E-state index < -0.39 is 0 Å². The van der Waals surface area contributed by atoms with Gasteiger partial charge in [-0.05, 0) is 35.7 Å². The maximum atomic E-state index is 11.9. The fraction of sp³-hybridized carbons (Fsp3) is 0.500. The van der Waals surface area contributed by atoms with Gasteiger partial charge in [-0.3, -0.25) is 4.79 Å². The van der Waals surface area contributed by atoms with Crippen molar-refractivity contribution in [2.24, 2.45) is 0 Å². The van der Waals surface area contributed by atoms with E-state index in [1.54, 1.807) is 13.0 Å². The molecule has 1 N–H and O–H groups in total. The van der Waals surface area contributed by atoms with Crippen LogP contribution in [0.15, 0.2) is 15.2 Å². The molecule has 1 aliphatic rings. The van der Waals surface area contributed by atoms with Crippen molar-refractivity contribution in [2.75, 3.05) is 5.33 Å². The number of nitrogens with one attached hydrogen (secondary N) is 1. The highest BCUT2D eigenvalue weighted by Gasteiger charge is 2.43. The second kappa shape index (κ2) is 3.94. The maximum Gasteiger partial charge on any atom is 0.255 e. The van der Waals surface area contributed by atoms with Gasteiger partial charge in [-0.15, -0.1) is 0 Å². The van der Waals surface area contributed by atoms with E-state index in [0.29, 0.717) is 16.0 Å². The molecule has 1 fully saturated rings. The Kier molecular flexibility index (Phi) is 2.94. The SMILES string of the molecule is Cc1oc(Br)cc1C(=O)NC1(CBr)CC1. The minimum Gasteiger partial charge on any atom is -0.454 e. The number of carbonyl (C=O) groups excluding carboxylic acids is 1. The number of amides is 1. The molecule has 2 rings (SSSR count). The molecule has 0 spiro atoms. The van der Waals surface area contributed by atoms with Gasteiger partial charge in [0.1, 0.15) is 5.76 Å². The lowest BCUT2D eigenvalue weighted by molar-refractivity contribution is 0.0935. The number of halogens is 2. The van der Waals surface area contributed by atoms with Gasteiger partial charge in [0.15, 0.2) is 4.67 Å². The van der Waals surface area contributed by atoms with Crippen LogP contribution in [0.1, 0.15) is 29.0 Å². The molecule has 0 aromatic carbocycles. The van der Waals surface area contributed by atoms with Gasteiger partial charge in [0.05, 0.1) is 11.1 Å². The lowest BCUT2D eigenvalue weighted by Gasteiger charge is -2.13. The van der Waals surface area contributed by atoms with Crippen molar-refractivity contribution >= 4 is 37.8 Å². The first kappa shape index (κ1) is 11.2. The van der Waals surface area contributed by atoms with E-state index in [1.807, 2.05) is 0 Å². The Bertz CT molecular complexity index is 396. The Morgan fingerprint density at radius 2 is 2.33 bits per heavy atom. The topological polar surface area (TPSA) is 42.2 Å². The fourth-order valence-corrected chi connectivity index (χ4v) is 2.59. The van der Waals surface area contributed by atoms with Gasteiger partial charge in [-0.2, -0.15) is 0 Å². The molecule has 1 aromatic rings. The maximum absolute atomic E-state index is 11.9. The summed E-state index contributed by atoms with van der Waals surface area (Å²) in [6, 6.07) is 1.70. The first-order valence-electron chi connectivity index (χ1n) is 4.71. The highest BCUT2D eigenvalue weighted by molar-refractivity contribution is 9.10. The van der Waals surface area contributed by atoms with Crippen LogP contribution < -0.4 is 5.32 Å². The third-order valence-corrected chi connectivity index (χ3v) is 4.08. The third kappa shape index (κ3) is 2.28. The molecule has 0 radical (unpaired) electrons.